The molecule has 0 N–H and O–H groups in total. The molecule has 2 aromatic rings. The minimum Gasteiger partial charge on any atom is -0.496 e. The average Bonchev–Trinajstić information content (AvgIpc) is 2.67. The van der Waals surface area contributed by atoms with Gasteiger partial charge in [0.15, 0.2) is 0 Å². The third-order valence-corrected chi connectivity index (χ3v) is 3.63. The van der Waals surface area contributed by atoms with Crippen LogP contribution in [0.3, 0.4) is 0 Å². The largest absolute Gasteiger partial charge is 0.496 e. The predicted molar refractivity (Wildman–Crippen MR) is 94.5 cm³/mol. The Bertz CT molecular complexity index is 838. The summed E-state index contributed by atoms with van der Waals surface area (Å²) in [6, 6.07) is 13.7. The Hall–Kier alpha value is -3.03. The second-order valence-corrected chi connectivity index (χ2v) is 5.33. The van der Waals surface area contributed by atoms with Gasteiger partial charge in [-0.1, -0.05) is 0 Å². The number of halogens is 1. The maximum absolute atomic E-state index is 11.2. The summed E-state index contributed by atoms with van der Waals surface area (Å²) in [6.45, 7) is 0. The number of benzene rings is 2. The molecule has 0 amide bonds. The molecule has 0 unspecified atom stereocenters. The minimum absolute atomic E-state index is 0.258. The van der Waals surface area contributed by atoms with Crippen molar-refractivity contribution < 1.29 is 19.0 Å². The maximum Gasteiger partial charge on any atom is 0.341 e. The van der Waals surface area contributed by atoms with E-state index in [1.807, 2.05) is 12.1 Å². The molecule has 2 rings (SSSR count). The summed E-state index contributed by atoms with van der Waals surface area (Å²) in [5.74, 6) is 0.624. The summed E-state index contributed by atoms with van der Waals surface area (Å²) in [7, 11) is 4.32. The van der Waals surface area contributed by atoms with E-state index in [1.54, 1.807) is 37.4 Å². The Labute approximate surface area is 154 Å². The van der Waals surface area contributed by atoms with E-state index in [0.29, 0.717) is 16.9 Å². The SMILES string of the molecule is COC(=O)c1cc(C#N)ccc1OC.COc1ccc(C#N)cc1Br. The van der Waals surface area contributed by atoms with Crippen molar-refractivity contribution in [1.29, 1.82) is 10.5 Å². The van der Waals surface area contributed by atoms with Crippen LogP contribution in [0.25, 0.3) is 0 Å². The van der Waals surface area contributed by atoms with Crippen LogP contribution in [0.15, 0.2) is 40.9 Å². The van der Waals surface area contributed by atoms with E-state index in [1.165, 1.54) is 20.3 Å². The van der Waals surface area contributed by atoms with E-state index in [4.69, 9.17) is 20.0 Å². The highest BCUT2D eigenvalue weighted by Gasteiger charge is 2.12. The molecule has 0 heterocycles. The normalized spacial score (nSPS) is 8.88. The van der Waals surface area contributed by atoms with E-state index >= 15 is 0 Å². The highest BCUT2D eigenvalue weighted by Crippen LogP contribution is 2.25. The van der Waals surface area contributed by atoms with Gasteiger partial charge in [0.2, 0.25) is 0 Å². The topological polar surface area (TPSA) is 92.3 Å². The first-order valence-electron chi connectivity index (χ1n) is 6.90. The number of nitrogens with zero attached hydrogens (tertiary/aromatic N) is 2. The molecular weight excluding hydrogens is 388 g/mol. The van der Waals surface area contributed by atoms with E-state index in [-0.39, 0.29) is 5.56 Å². The number of rotatable bonds is 3. The van der Waals surface area contributed by atoms with Crippen molar-refractivity contribution in [2.45, 2.75) is 0 Å². The summed E-state index contributed by atoms with van der Waals surface area (Å²) in [4.78, 5) is 11.2. The van der Waals surface area contributed by atoms with Crippen LogP contribution in [-0.2, 0) is 4.74 Å². The summed E-state index contributed by atoms with van der Waals surface area (Å²) in [5.41, 5.74) is 1.28. The number of carbonyl (C=O) groups excluding carboxylic acids is 1. The Morgan fingerprint density at radius 1 is 0.920 bits per heavy atom. The molecule has 0 saturated carbocycles. The summed E-state index contributed by atoms with van der Waals surface area (Å²) in [6.07, 6.45) is 0. The molecule has 0 atom stereocenters. The van der Waals surface area contributed by atoms with Gasteiger partial charge in [-0.05, 0) is 52.3 Å². The smallest absolute Gasteiger partial charge is 0.341 e. The van der Waals surface area contributed by atoms with E-state index < -0.39 is 5.97 Å². The number of hydrogen-bond acceptors (Lipinski definition) is 6. The van der Waals surface area contributed by atoms with Crippen LogP contribution in [0.1, 0.15) is 21.5 Å². The van der Waals surface area contributed by atoms with Crippen molar-refractivity contribution in [3.63, 3.8) is 0 Å². The fourth-order valence-electron chi connectivity index (χ4n) is 1.78. The molecule has 128 valence electrons. The van der Waals surface area contributed by atoms with Gasteiger partial charge in [-0.25, -0.2) is 4.79 Å². The zero-order chi connectivity index (χ0) is 18.8. The quantitative estimate of drug-likeness (QED) is 0.726. The van der Waals surface area contributed by atoms with Gasteiger partial charge in [0.25, 0.3) is 0 Å². The first-order valence-corrected chi connectivity index (χ1v) is 7.70. The molecule has 0 saturated heterocycles. The fraction of sp³-hybridized carbons (Fsp3) is 0.167. The van der Waals surface area contributed by atoms with Crippen LogP contribution >= 0.6 is 15.9 Å². The molecule has 0 radical (unpaired) electrons. The van der Waals surface area contributed by atoms with Gasteiger partial charge in [-0.15, -0.1) is 0 Å². The van der Waals surface area contributed by atoms with Crippen molar-refractivity contribution >= 4 is 21.9 Å². The molecule has 0 aliphatic heterocycles. The van der Waals surface area contributed by atoms with Gasteiger partial charge in [0.1, 0.15) is 17.1 Å². The third kappa shape index (κ3) is 5.52. The number of nitriles is 2. The molecule has 0 fully saturated rings. The predicted octanol–water partition coefficient (Wildman–Crippen LogP) is 3.68. The number of ether oxygens (including phenoxy) is 3. The molecule has 0 aromatic heterocycles. The van der Waals surface area contributed by atoms with E-state index in [0.717, 1.165) is 10.2 Å². The van der Waals surface area contributed by atoms with Crippen LogP contribution in [0.4, 0.5) is 0 Å². The van der Waals surface area contributed by atoms with Crippen LogP contribution in [0.2, 0.25) is 0 Å². The van der Waals surface area contributed by atoms with Crippen LogP contribution in [0.5, 0.6) is 11.5 Å². The molecule has 0 spiro atoms. The lowest BCUT2D eigenvalue weighted by atomic mass is 10.1. The lowest BCUT2D eigenvalue weighted by Gasteiger charge is -2.06. The molecular formula is C18H15BrN2O4. The second-order valence-electron chi connectivity index (χ2n) is 4.48. The lowest BCUT2D eigenvalue weighted by Crippen LogP contribution is -2.04. The summed E-state index contributed by atoms with van der Waals surface area (Å²) in [5, 5.41) is 17.2. The standard InChI is InChI=1S/C10H9NO3.C8H6BrNO/c1-13-9-4-3-7(6-11)5-8(9)10(12)14-2;1-11-8-3-2-6(5-10)4-7(8)9/h3-5H,1-2H3;2-4H,1H3. The van der Waals surface area contributed by atoms with E-state index in [2.05, 4.69) is 20.7 Å². The Morgan fingerprint density at radius 2 is 1.44 bits per heavy atom. The van der Waals surface area contributed by atoms with Crippen LogP contribution in [0, 0.1) is 22.7 Å². The van der Waals surface area contributed by atoms with Crippen molar-refractivity contribution in [2.24, 2.45) is 0 Å². The van der Waals surface area contributed by atoms with Gasteiger partial charge < -0.3 is 14.2 Å². The first kappa shape index (κ1) is 20.0. The van der Waals surface area contributed by atoms with Crippen molar-refractivity contribution in [3.8, 4) is 23.6 Å². The van der Waals surface area contributed by atoms with Crippen LogP contribution < -0.4 is 9.47 Å². The Kier molecular flexibility index (Phi) is 7.98. The molecule has 25 heavy (non-hydrogen) atoms. The second kappa shape index (κ2) is 9.96. The molecule has 2 aromatic carbocycles. The van der Waals surface area contributed by atoms with Gasteiger partial charge in [0.05, 0.1) is 49.1 Å². The number of hydrogen-bond donors (Lipinski definition) is 0. The average molecular weight is 403 g/mol. The van der Waals surface area contributed by atoms with Crippen LogP contribution in [-0.4, -0.2) is 27.3 Å². The fourth-order valence-corrected chi connectivity index (χ4v) is 2.32. The molecule has 6 nitrogen and oxygen atoms in total. The van der Waals surface area contributed by atoms with Gasteiger partial charge >= 0.3 is 5.97 Å². The van der Waals surface area contributed by atoms with Gasteiger partial charge in [-0.2, -0.15) is 10.5 Å². The third-order valence-electron chi connectivity index (χ3n) is 3.01. The monoisotopic (exact) mass is 402 g/mol. The van der Waals surface area contributed by atoms with Gasteiger partial charge in [0, 0.05) is 0 Å². The van der Waals surface area contributed by atoms with Crippen molar-refractivity contribution in [1.82, 2.24) is 0 Å². The highest BCUT2D eigenvalue weighted by atomic mass is 79.9. The first-order chi connectivity index (χ1) is 12.0. The zero-order valence-corrected chi connectivity index (χ0v) is 15.5. The molecule has 0 aliphatic carbocycles. The Balaban J connectivity index is 0.000000257. The summed E-state index contributed by atoms with van der Waals surface area (Å²) >= 11 is 3.27. The molecule has 7 heteroatoms. The number of carbonyl (C=O) groups is 1. The van der Waals surface area contributed by atoms with Crippen molar-refractivity contribution in [3.05, 3.63) is 57.6 Å². The number of methoxy groups -OCH3 is 3. The maximum atomic E-state index is 11.2. The molecule has 0 bridgehead atoms. The zero-order valence-electron chi connectivity index (χ0n) is 13.9. The Morgan fingerprint density at radius 3 is 1.88 bits per heavy atom. The van der Waals surface area contributed by atoms with Gasteiger partial charge in [-0.3, -0.25) is 0 Å². The number of esters is 1. The summed E-state index contributed by atoms with van der Waals surface area (Å²) < 4.78 is 15.3. The minimum atomic E-state index is -0.515. The highest BCUT2D eigenvalue weighted by molar-refractivity contribution is 9.10. The molecule has 0 aliphatic rings. The van der Waals surface area contributed by atoms with E-state index in [9.17, 15) is 4.79 Å². The van der Waals surface area contributed by atoms with Crippen molar-refractivity contribution in [2.75, 3.05) is 21.3 Å². The lowest BCUT2D eigenvalue weighted by molar-refractivity contribution is 0.0597.